The summed E-state index contributed by atoms with van der Waals surface area (Å²) < 4.78 is 26.8. The molecule has 0 heterocycles. The van der Waals surface area contributed by atoms with Gasteiger partial charge in [-0.05, 0) is 25.8 Å². The summed E-state index contributed by atoms with van der Waals surface area (Å²) in [7, 11) is 0. The minimum atomic E-state index is -1.23. The Bertz CT molecular complexity index is 541. The van der Waals surface area contributed by atoms with Gasteiger partial charge >= 0.3 is 5.69 Å². The summed E-state index contributed by atoms with van der Waals surface area (Å²) in [5.74, 6) is -3.10. The number of amides is 1. The van der Waals surface area contributed by atoms with Crippen molar-refractivity contribution in [1.29, 1.82) is 0 Å². The van der Waals surface area contributed by atoms with E-state index in [0.717, 1.165) is 12.8 Å². The third-order valence-electron chi connectivity index (χ3n) is 2.89. The largest absolute Gasteiger partial charge is 0.347 e. The molecule has 0 saturated heterocycles. The highest BCUT2D eigenvalue weighted by Gasteiger charge is 2.39. The third kappa shape index (κ3) is 2.29. The molecule has 7 heteroatoms. The zero-order valence-corrected chi connectivity index (χ0v) is 9.50. The van der Waals surface area contributed by atoms with Crippen LogP contribution in [-0.2, 0) is 0 Å². The SMILES string of the molecule is CC1(NC(=O)c2cc(F)c([N+](=O)[O-])cc2F)CC1. The summed E-state index contributed by atoms with van der Waals surface area (Å²) in [6.07, 6.45) is 1.55. The average molecular weight is 256 g/mol. The highest BCUT2D eigenvalue weighted by atomic mass is 19.1. The molecule has 0 spiro atoms. The average Bonchev–Trinajstić information content (AvgIpc) is 2.98. The van der Waals surface area contributed by atoms with Gasteiger partial charge in [0.2, 0.25) is 5.82 Å². The number of carbonyl (C=O) groups excluding carboxylic acids is 1. The van der Waals surface area contributed by atoms with Crippen LogP contribution in [0.4, 0.5) is 14.5 Å². The van der Waals surface area contributed by atoms with Gasteiger partial charge in [-0.2, -0.15) is 4.39 Å². The quantitative estimate of drug-likeness (QED) is 0.665. The minimum Gasteiger partial charge on any atom is -0.347 e. The number of nitro groups is 1. The fraction of sp³-hybridized carbons (Fsp3) is 0.364. The summed E-state index contributed by atoms with van der Waals surface area (Å²) in [5.41, 5.74) is -1.88. The van der Waals surface area contributed by atoms with Crippen LogP contribution in [0.25, 0.3) is 0 Å². The van der Waals surface area contributed by atoms with E-state index in [1.165, 1.54) is 0 Å². The predicted molar refractivity (Wildman–Crippen MR) is 58.1 cm³/mol. The van der Waals surface area contributed by atoms with Crippen molar-refractivity contribution in [2.75, 3.05) is 0 Å². The number of carbonyl (C=O) groups is 1. The smallest absolute Gasteiger partial charge is 0.307 e. The normalized spacial score (nSPS) is 16.2. The van der Waals surface area contributed by atoms with Crippen LogP contribution in [0, 0.1) is 21.7 Å². The number of hydrogen-bond donors (Lipinski definition) is 1. The maximum Gasteiger partial charge on any atom is 0.307 e. The van der Waals surface area contributed by atoms with Crippen molar-refractivity contribution in [3.8, 4) is 0 Å². The Kier molecular flexibility index (Phi) is 2.76. The van der Waals surface area contributed by atoms with Crippen LogP contribution in [-0.4, -0.2) is 16.4 Å². The van der Waals surface area contributed by atoms with E-state index in [-0.39, 0.29) is 5.54 Å². The number of nitrogens with zero attached hydrogens (tertiary/aromatic N) is 1. The Balaban J connectivity index is 2.31. The van der Waals surface area contributed by atoms with Gasteiger partial charge in [0, 0.05) is 5.54 Å². The molecule has 1 aromatic carbocycles. The second-order valence-corrected chi connectivity index (χ2v) is 4.56. The summed E-state index contributed by atoms with van der Waals surface area (Å²) in [6, 6.07) is 0.966. The van der Waals surface area contributed by atoms with E-state index in [1.807, 2.05) is 0 Å². The molecule has 2 rings (SSSR count). The van der Waals surface area contributed by atoms with Crippen molar-refractivity contribution < 1.29 is 18.5 Å². The summed E-state index contributed by atoms with van der Waals surface area (Å²) >= 11 is 0. The van der Waals surface area contributed by atoms with E-state index in [2.05, 4.69) is 5.32 Å². The van der Waals surface area contributed by atoms with Crippen molar-refractivity contribution in [2.24, 2.45) is 0 Å². The van der Waals surface area contributed by atoms with E-state index < -0.39 is 33.7 Å². The summed E-state index contributed by atoms with van der Waals surface area (Å²) in [6.45, 7) is 1.78. The minimum absolute atomic E-state index is 0.373. The third-order valence-corrected chi connectivity index (χ3v) is 2.89. The van der Waals surface area contributed by atoms with Crippen molar-refractivity contribution in [1.82, 2.24) is 5.32 Å². The van der Waals surface area contributed by atoms with Gasteiger partial charge in [-0.3, -0.25) is 14.9 Å². The Labute approximate surface area is 101 Å². The second-order valence-electron chi connectivity index (χ2n) is 4.56. The number of nitrogens with one attached hydrogen (secondary N) is 1. The molecule has 0 aliphatic heterocycles. The molecule has 0 aromatic heterocycles. The number of benzene rings is 1. The van der Waals surface area contributed by atoms with Gasteiger partial charge in [-0.25, -0.2) is 4.39 Å². The zero-order chi connectivity index (χ0) is 13.5. The van der Waals surface area contributed by atoms with Gasteiger partial charge in [0.25, 0.3) is 5.91 Å². The molecule has 1 aliphatic rings. The second kappa shape index (κ2) is 4.01. The first-order valence-electron chi connectivity index (χ1n) is 5.28. The van der Waals surface area contributed by atoms with Crippen LogP contribution < -0.4 is 5.32 Å². The van der Waals surface area contributed by atoms with Crippen LogP contribution in [0.3, 0.4) is 0 Å². The fourth-order valence-corrected chi connectivity index (χ4v) is 1.50. The molecule has 1 fully saturated rings. The summed E-state index contributed by atoms with van der Waals surface area (Å²) in [4.78, 5) is 21.0. The first kappa shape index (κ1) is 12.4. The number of hydrogen-bond acceptors (Lipinski definition) is 3. The fourth-order valence-electron chi connectivity index (χ4n) is 1.50. The molecule has 0 atom stereocenters. The van der Waals surface area contributed by atoms with Gasteiger partial charge < -0.3 is 5.32 Å². The van der Waals surface area contributed by atoms with Crippen molar-refractivity contribution in [3.63, 3.8) is 0 Å². The molecule has 5 nitrogen and oxygen atoms in total. The lowest BCUT2D eigenvalue weighted by atomic mass is 10.1. The standard InChI is InChI=1S/C11H10F2N2O3/c1-11(2-3-11)14-10(16)6-4-8(13)9(15(17)18)5-7(6)12/h4-5H,2-3H2,1H3,(H,14,16). The van der Waals surface area contributed by atoms with Crippen LogP contribution in [0.15, 0.2) is 12.1 Å². The molecule has 1 amide bonds. The van der Waals surface area contributed by atoms with E-state index in [0.29, 0.717) is 12.1 Å². The molecule has 1 aromatic rings. The molecule has 0 bridgehead atoms. The highest BCUT2D eigenvalue weighted by molar-refractivity contribution is 5.95. The Hall–Kier alpha value is -2.05. The maximum absolute atomic E-state index is 13.5. The zero-order valence-electron chi connectivity index (χ0n) is 9.50. The van der Waals surface area contributed by atoms with Crippen molar-refractivity contribution in [2.45, 2.75) is 25.3 Å². The Morgan fingerprint density at radius 2 is 2.00 bits per heavy atom. The Morgan fingerprint density at radius 3 is 2.50 bits per heavy atom. The molecule has 1 N–H and O–H groups in total. The lowest BCUT2D eigenvalue weighted by Gasteiger charge is -2.11. The summed E-state index contributed by atoms with van der Waals surface area (Å²) in [5, 5.41) is 12.9. The molecule has 0 radical (unpaired) electrons. The van der Waals surface area contributed by atoms with E-state index >= 15 is 0 Å². The molecule has 96 valence electrons. The van der Waals surface area contributed by atoms with Crippen molar-refractivity contribution >= 4 is 11.6 Å². The molecule has 0 unspecified atom stereocenters. The molecule has 18 heavy (non-hydrogen) atoms. The number of halogens is 2. The van der Waals surface area contributed by atoms with Gasteiger partial charge in [-0.1, -0.05) is 0 Å². The van der Waals surface area contributed by atoms with Crippen LogP contribution in [0.1, 0.15) is 30.1 Å². The molecule has 1 saturated carbocycles. The van der Waals surface area contributed by atoms with E-state index in [9.17, 15) is 23.7 Å². The maximum atomic E-state index is 13.5. The molecule has 1 aliphatic carbocycles. The highest BCUT2D eigenvalue weighted by Crippen LogP contribution is 2.34. The number of rotatable bonds is 3. The van der Waals surface area contributed by atoms with Crippen molar-refractivity contribution in [3.05, 3.63) is 39.4 Å². The first-order valence-corrected chi connectivity index (χ1v) is 5.28. The Morgan fingerprint density at radius 1 is 1.39 bits per heavy atom. The topological polar surface area (TPSA) is 72.2 Å². The van der Waals surface area contributed by atoms with Crippen LogP contribution in [0.5, 0.6) is 0 Å². The van der Waals surface area contributed by atoms with Gasteiger partial charge in [-0.15, -0.1) is 0 Å². The first-order chi connectivity index (χ1) is 8.32. The number of nitro benzene ring substituents is 1. The predicted octanol–water partition coefficient (Wildman–Crippen LogP) is 2.16. The van der Waals surface area contributed by atoms with E-state index in [4.69, 9.17) is 0 Å². The monoisotopic (exact) mass is 256 g/mol. The molecular weight excluding hydrogens is 246 g/mol. The lowest BCUT2D eigenvalue weighted by Crippen LogP contribution is -2.34. The van der Waals surface area contributed by atoms with Gasteiger partial charge in [0.1, 0.15) is 5.82 Å². The van der Waals surface area contributed by atoms with Crippen LogP contribution >= 0.6 is 0 Å². The van der Waals surface area contributed by atoms with Crippen LogP contribution in [0.2, 0.25) is 0 Å². The lowest BCUT2D eigenvalue weighted by molar-refractivity contribution is -0.387. The van der Waals surface area contributed by atoms with E-state index in [1.54, 1.807) is 6.92 Å². The van der Waals surface area contributed by atoms with Gasteiger partial charge in [0.05, 0.1) is 16.6 Å². The molecular formula is C11H10F2N2O3. The van der Waals surface area contributed by atoms with Gasteiger partial charge in [0.15, 0.2) is 0 Å².